The van der Waals surface area contributed by atoms with Gasteiger partial charge in [-0.2, -0.15) is 0 Å². The highest BCUT2D eigenvalue weighted by molar-refractivity contribution is 5.86. The van der Waals surface area contributed by atoms with Crippen molar-refractivity contribution in [3.63, 3.8) is 0 Å². The van der Waals surface area contributed by atoms with Crippen molar-refractivity contribution in [2.75, 3.05) is 0 Å². The molecule has 2 atom stereocenters. The molecule has 1 rings (SSSR count). The highest BCUT2D eigenvalue weighted by Gasteiger charge is 2.28. The summed E-state index contributed by atoms with van der Waals surface area (Å²) >= 11 is 0. The lowest BCUT2D eigenvalue weighted by molar-refractivity contribution is -0.137. The molecular formula is C22H36O4. The summed E-state index contributed by atoms with van der Waals surface area (Å²) in [5.74, 6) is -0.513. The van der Waals surface area contributed by atoms with E-state index >= 15 is 0 Å². The number of rotatable bonds is 12. The minimum absolute atomic E-state index is 0.0541. The molecule has 0 unspecified atom stereocenters. The van der Waals surface area contributed by atoms with Crippen LogP contribution in [0.4, 0.5) is 0 Å². The summed E-state index contributed by atoms with van der Waals surface area (Å²) in [4.78, 5) is 22.6. The molecule has 4 nitrogen and oxygen atoms in total. The van der Waals surface area contributed by atoms with E-state index in [0.29, 0.717) is 19.3 Å². The number of hydrogen-bond donors (Lipinski definition) is 2. The van der Waals surface area contributed by atoms with Crippen molar-refractivity contribution >= 4 is 11.8 Å². The van der Waals surface area contributed by atoms with Crippen LogP contribution in [-0.2, 0) is 9.59 Å². The van der Waals surface area contributed by atoms with E-state index in [2.05, 4.69) is 26.5 Å². The maximum absolute atomic E-state index is 12.1. The molecule has 2 N–H and O–H groups in total. The van der Waals surface area contributed by atoms with Gasteiger partial charge in [0.15, 0.2) is 0 Å². The summed E-state index contributed by atoms with van der Waals surface area (Å²) in [6, 6.07) is 0. The zero-order chi connectivity index (χ0) is 19.6. The zero-order valence-corrected chi connectivity index (χ0v) is 16.7. The number of aliphatic hydroxyl groups is 1. The number of carbonyl (C=O) groups is 2. The molecule has 1 aliphatic rings. The van der Waals surface area contributed by atoms with Gasteiger partial charge in [-0.25, -0.2) is 0 Å². The fraction of sp³-hybridized carbons (Fsp3) is 0.773. The van der Waals surface area contributed by atoms with Crippen molar-refractivity contribution in [2.24, 2.45) is 11.3 Å². The molecule has 148 valence electrons. The lowest BCUT2D eigenvalue weighted by Crippen LogP contribution is -2.18. The van der Waals surface area contributed by atoms with E-state index in [1.165, 1.54) is 0 Å². The highest BCUT2D eigenvalue weighted by atomic mass is 16.4. The quantitative estimate of drug-likeness (QED) is 0.375. The van der Waals surface area contributed by atoms with Gasteiger partial charge in [0.2, 0.25) is 0 Å². The zero-order valence-electron chi connectivity index (χ0n) is 16.7. The molecule has 0 heterocycles. The van der Waals surface area contributed by atoms with Gasteiger partial charge in [-0.1, -0.05) is 46.5 Å². The summed E-state index contributed by atoms with van der Waals surface area (Å²) in [5, 5.41) is 18.9. The molecule has 1 fully saturated rings. The van der Waals surface area contributed by atoms with Crippen molar-refractivity contribution in [3.8, 4) is 0 Å². The van der Waals surface area contributed by atoms with Crippen molar-refractivity contribution < 1.29 is 19.8 Å². The Labute approximate surface area is 158 Å². The van der Waals surface area contributed by atoms with Crippen LogP contribution in [0.15, 0.2) is 17.4 Å². The summed E-state index contributed by atoms with van der Waals surface area (Å²) in [6.45, 7) is 6.50. The summed E-state index contributed by atoms with van der Waals surface area (Å²) in [7, 11) is 0. The van der Waals surface area contributed by atoms with Crippen molar-refractivity contribution in [2.45, 2.75) is 97.5 Å². The maximum Gasteiger partial charge on any atom is 0.303 e. The molecule has 0 saturated heterocycles. The van der Waals surface area contributed by atoms with Gasteiger partial charge in [0.05, 0.1) is 6.10 Å². The maximum atomic E-state index is 12.1. The number of aliphatic carboxylic acids is 1. The Bertz CT molecular complexity index is 526. The van der Waals surface area contributed by atoms with Gasteiger partial charge < -0.3 is 10.2 Å². The number of aliphatic hydroxyl groups excluding tert-OH is 1. The molecule has 0 aromatic rings. The molecule has 1 aliphatic carbocycles. The van der Waals surface area contributed by atoms with Gasteiger partial charge in [0, 0.05) is 18.8 Å². The van der Waals surface area contributed by atoms with Crippen LogP contribution >= 0.6 is 0 Å². The second-order valence-corrected chi connectivity index (χ2v) is 8.39. The summed E-state index contributed by atoms with van der Waals surface area (Å²) in [5.41, 5.74) is 4.38. The van der Waals surface area contributed by atoms with Crippen LogP contribution in [-0.4, -0.2) is 28.1 Å². The van der Waals surface area contributed by atoms with E-state index in [-0.39, 0.29) is 23.5 Å². The first kappa shape index (κ1) is 22.7. The second kappa shape index (κ2) is 11.4. The van der Waals surface area contributed by atoms with Crippen LogP contribution < -0.4 is 0 Å². The molecule has 1 saturated carbocycles. The van der Waals surface area contributed by atoms with E-state index in [9.17, 15) is 14.7 Å². The van der Waals surface area contributed by atoms with Crippen LogP contribution in [0.25, 0.3) is 0 Å². The smallest absolute Gasteiger partial charge is 0.303 e. The number of ketones is 1. The van der Waals surface area contributed by atoms with Gasteiger partial charge >= 0.3 is 5.97 Å². The number of carboxylic acids is 1. The van der Waals surface area contributed by atoms with E-state index in [0.717, 1.165) is 50.5 Å². The Hall–Kier alpha value is -1.38. The SMILES string of the molecule is CCCC(C)(C)C[C@H](O)C=C=C1CCC(=O)[C@@H]1CCCCCCC(=O)O. The van der Waals surface area contributed by atoms with E-state index < -0.39 is 12.1 Å². The second-order valence-electron chi connectivity index (χ2n) is 8.39. The van der Waals surface area contributed by atoms with Crippen molar-refractivity contribution in [3.05, 3.63) is 17.4 Å². The minimum atomic E-state index is -0.744. The Balaban J connectivity index is 2.51. The predicted molar refractivity (Wildman–Crippen MR) is 104 cm³/mol. The Morgan fingerprint density at radius 1 is 1.27 bits per heavy atom. The minimum Gasteiger partial charge on any atom is -0.481 e. The summed E-state index contributed by atoms with van der Waals surface area (Å²) < 4.78 is 0. The molecule has 0 aromatic heterocycles. The largest absolute Gasteiger partial charge is 0.481 e. The average Bonchev–Trinajstić information content (AvgIpc) is 2.88. The lowest BCUT2D eigenvalue weighted by atomic mass is 9.82. The van der Waals surface area contributed by atoms with Crippen LogP contribution in [0.1, 0.15) is 91.4 Å². The predicted octanol–water partition coefficient (Wildman–Crippen LogP) is 5.05. The van der Waals surface area contributed by atoms with Gasteiger partial charge in [-0.3, -0.25) is 9.59 Å². The third-order valence-corrected chi connectivity index (χ3v) is 5.23. The number of unbranched alkanes of at least 4 members (excludes halogenated alkanes) is 3. The highest BCUT2D eigenvalue weighted by Crippen LogP contribution is 2.32. The third-order valence-electron chi connectivity index (χ3n) is 5.23. The number of carboxylic acid groups (broad SMARTS) is 1. The molecule has 4 heteroatoms. The first-order chi connectivity index (χ1) is 12.2. The molecule has 26 heavy (non-hydrogen) atoms. The lowest BCUT2D eigenvalue weighted by Gasteiger charge is -2.25. The normalized spacial score (nSPS) is 18.7. The van der Waals surface area contributed by atoms with Crippen LogP contribution in [0.2, 0.25) is 0 Å². The van der Waals surface area contributed by atoms with E-state index in [1.54, 1.807) is 6.08 Å². The molecule has 0 radical (unpaired) electrons. The van der Waals surface area contributed by atoms with Gasteiger partial charge in [-0.05, 0) is 49.2 Å². The van der Waals surface area contributed by atoms with Gasteiger partial charge in [0.25, 0.3) is 0 Å². The van der Waals surface area contributed by atoms with E-state index in [1.807, 2.05) is 0 Å². The van der Waals surface area contributed by atoms with Crippen LogP contribution in [0.5, 0.6) is 0 Å². The van der Waals surface area contributed by atoms with Crippen LogP contribution in [0, 0.1) is 11.3 Å². The number of Topliss-reactive ketones (excluding diaryl/α,β-unsaturated/α-hetero) is 1. The Morgan fingerprint density at radius 2 is 1.96 bits per heavy atom. The number of hydrogen-bond acceptors (Lipinski definition) is 3. The van der Waals surface area contributed by atoms with Gasteiger partial charge in [-0.15, -0.1) is 5.73 Å². The molecule has 0 aliphatic heterocycles. The molecule has 0 amide bonds. The number of carbonyl (C=O) groups excluding carboxylic acids is 1. The third kappa shape index (κ3) is 8.82. The Kier molecular flexibility index (Phi) is 9.90. The van der Waals surface area contributed by atoms with Crippen molar-refractivity contribution in [1.82, 2.24) is 0 Å². The molecule has 0 aromatic carbocycles. The fourth-order valence-electron chi connectivity index (χ4n) is 3.89. The molecular weight excluding hydrogens is 328 g/mol. The molecule has 0 spiro atoms. The fourth-order valence-corrected chi connectivity index (χ4v) is 3.89. The Morgan fingerprint density at radius 3 is 2.62 bits per heavy atom. The summed E-state index contributed by atoms with van der Waals surface area (Å²) in [6.07, 6.45) is 10.00. The van der Waals surface area contributed by atoms with E-state index in [4.69, 9.17) is 5.11 Å². The monoisotopic (exact) mass is 364 g/mol. The van der Waals surface area contributed by atoms with Crippen LogP contribution in [0.3, 0.4) is 0 Å². The van der Waals surface area contributed by atoms with Crippen molar-refractivity contribution in [1.29, 1.82) is 0 Å². The average molecular weight is 365 g/mol. The standard InChI is InChI=1S/C22H36O4/c1-4-15-22(2,3)16-18(23)13-11-17-12-14-20(24)19(17)9-7-5-6-8-10-21(25)26/h13,18-19,23H,4-10,12,14-16H2,1-3H3,(H,25,26)/t11?,18-,19-/m1/s1. The topological polar surface area (TPSA) is 74.6 Å². The van der Waals surface area contributed by atoms with Gasteiger partial charge in [0.1, 0.15) is 5.78 Å². The first-order valence-corrected chi connectivity index (χ1v) is 10.1. The first-order valence-electron chi connectivity index (χ1n) is 10.1. The molecule has 0 bridgehead atoms.